The number of halogens is 1. The number of hydrogen-bond donors (Lipinski definition) is 1. The van der Waals surface area contributed by atoms with Gasteiger partial charge in [-0.05, 0) is 43.1 Å². The fourth-order valence-electron chi connectivity index (χ4n) is 1.66. The van der Waals surface area contributed by atoms with Gasteiger partial charge in [-0.15, -0.1) is 0 Å². The van der Waals surface area contributed by atoms with Crippen LogP contribution in [0.15, 0.2) is 18.2 Å². The highest BCUT2D eigenvalue weighted by molar-refractivity contribution is 7.91. The van der Waals surface area contributed by atoms with Gasteiger partial charge in [-0.1, -0.05) is 13.0 Å². The second-order valence-electron chi connectivity index (χ2n) is 4.31. The van der Waals surface area contributed by atoms with Crippen LogP contribution < -0.4 is 5.32 Å². The average Bonchev–Trinajstić information content (AvgIpc) is 2.31. The van der Waals surface area contributed by atoms with E-state index in [0.29, 0.717) is 13.1 Å². The van der Waals surface area contributed by atoms with Crippen LogP contribution in [0.3, 0.4) is 0 Å². The Kier molecular flexibility index (Phi) is 5.75. The molecule has 0 radical (unpaired) electrons. The van der Waals surface area contributed by atoms with Crippen molar-refractivity contribution >= 4 is 9.84 Å². The van der Waals surface area contributed by atoms with Crippen LogP contribution in [0, 0.1) is 12.7 Å². The lowest BCUT2D eigenvalue weighted by atomic mass is 10.1. The molecule has 0 atom stereocenters. The van der Waals surface area contributed by atoms with Gasteiger partial charge in [-0.2, -0.15) is 0 Å². The highest BCUT2D eigenvalue weighted by Gasteiger charge is 2.06. The van der Waals surface area contributed by atoms with Gasteiger partial charge in [0, 0.05) is 12.3 Å². The van der Waals surface area contributed by atoms with Crippen LogP contribution in [0.4, 0.5) is 4.39 Å². The number of aryl methyl sites for hydroxylation is 1. The van der Waals surface area contributed by atoms with Gasteiger partial charge < -0.3 is 5.32 Å². The SMILES string of the molecule is CCS(=O)(=O)CCNCCc1ccc(F)cc1C. The highest BCUT2D eigenvalue weighted by Crippen LogP contribution is 2.10. The summed E-state index contributed by atoms with van der Waals surface area (Å²) in [4.78, 5) is 0. The van der Waals surface area contributed by atoms with Crippen molar-refractivity contribution < 1.29 is 12.8 Å². The number of nitrogens with one attached hydrogen (secondary N) is 1. The van der Waals surface area contributed by atoms with Crippen molar-refractivity contribution in [2.24, 2.45) is 0 Å². The van der Waals surface area contributed by atoms with E-state index in [1.807, 2.05) is 6.92 Å². The molecule has 0 saturated heterocycles. The van der Waals surface area contributed by atoms with Crippen LogP contribution >= 0.6 is 0 Å². The minimum absolute atomic E-state index is 0.173. The van der Waals surface area contributed by atoms with E-state index in [2.05, 4.69) is 5.32 Å². The number of benzene rings is 1. The lowest BCUT2D eigenvalue weighted by molar-refractivity contribution is 0.591. The first-order valence-corrected chi connectivity index (χ1v) is 7.93. The maximum absolute atomic E-state index is 12.9. The van der Waals surface area contributed by atoms with Crippen LogP contribution in [-0.4, -0.2) is 33.0 Å². The largest absolute Gasteiger partial charge is 0.315 e. The van der Waals surface area contributed by atoms with Crippen LogP contribution in [0.5, 0.6) is 0 Å². The Balaban J connectivity index is 2.30. The molecule has 3 nitrogen and oxygen atoms in total. The van der Waals surface area contributed by atoms with E-state index >= 15 is 0 Å². The Labute approximate surface area is 108 Å². The van der Waals surface area contributed by atoms with Crippen molar-refractivity contribution in [3.05, 3.63) is 35.1 Å². The molecule has 0 aliphatic heterocycles. The van der Waals surface area contributed by atoms with E-state index in [1.165, 1.54) is 12.1 Å². The zero-order valence-electron chi connectivity index (χ0n) is 10.9. The summed E-state index contributed by atoms with van der Waals surface area (Å²) in [6.45, 7) is 4.69. The predicted octanol–water partition coefficient (Wildman–Crippen LogP) is 1.70. The lowest BCUT2D eigenvalue weighted by Gasteiger charge is -2.07. The minimum Gasteiger partial charge on any atom is -0.315 e. The van der Waals surface area contributed by atoms with Gasteiger partial charge in [0.25, 0.3) is 0 Å². The molecule has 1 rings (SSSR count). The van der Waals surface area contributed by atoms with Crippen LogP contribution in [0.2, 0.25) is 0 Å². The third kappa shape index (κ3) is 5.14. The van der Waals surface area contributed by atoms with E-state index in [-0.39, 0.29) is 17.3 Å². The van der Waals surface area contributed by atoms with E-state index in [9.17, 15) is 12.8 Å². The lowest BCUT2D eigenvalue weighted by Crippen LogP contribution is -2.25. The summed E-state index contributed by atoms with van der Waals surface area (Å²) in [6, 6.07) is 4.73. The molecular weight excluding hydrogens is 253 g/mol. The summed E-state index contributed by atoms with van der Waals surface area (Å²) in [5.41, 5.74) is 2.01. The fourth-order valence-corrected chi connectivity index (χ4v) is 2.40. The van der Waals surface area contributed by atoms with Gasteiger partial charge in [0.1, 0.15) is 5.82 Å². The molecule has 0 fully saturated rings. The second-order valence-corrected chi connectivity index (χ2v) is 6.78. The van der Waals surface area contributed by atoms with Crippen molar-refractivity contribution in [3.8, 4) is 0 Å². The quantitative estimate of drug-likeness (QED) is 0.769. The Morgan fingerprint density at radius 2 is 2.00 bits per heavy atom. The van der Waals surface area contributed by atoms with Crippen molar-refractivity contribution in [2.75, 3.05) is 24.6 Å². The molecule has 5 heteroatoms. The first-order chi connectivity index (χ1) is 8.44. The van der Waals surface area contributed by atoms with Crippen molar-refractivity contribution in [2.45, 2.75) is 20.3 Å². The number of hydrogen-bond acceptors (Lipinski definition) is 3. The Bertz CT molecular complexity index is 486. The molecule has 0 aromatic heterocycles. The average molecular weight is 273 g/mol. The molecule has 0 unspecified atom stereocenters. The van der Waals surface area contributed by atoms with Gasteiger partial charge >= 0.3 is 0 Å². The van der Waals surface area contributed by atoms with Gasteiger partial charge in [-0.3, -0.25) is 0 Å². The molecule has 0 bridgehead atoms. The predicted molar refractivity (Wildman–Crippen MR) is 72.0 cm³/mol. The topological polar surface area (TPSA) is 46.2 Å². The Hall–Kier alpha value is -0.940. The summed E-state index contributed by atoms with van der Waals surface area (Å²) >= 11 is 0. The van der Waals surface area contributed by atoms with Crippen molar-refractivity contribution in [3.63, 3.8) is 0 Å². The summed E-state index contributed by atoms with van der Waals surface area (Å²) < 4.78 is 35.4. The molecule has 1 aromatic rings. The van der Waals surface area contributed by atoms with Crippen LogP contribution in [-0.2, 0) is 16.3 Å². The molecule has 1 aromatic carbocycles. The monoisotopic (exact) mass is 273 g/mol. The van der Waals surface area contributed by atoms with E-state index in [0.717, 1.165) is 17.5 Å². The molecule has 0 saturated carbocycles. The highest BCUT2D eigenvalue weighted by atomic mass is 32.2. The number of rotatable bonds is 7. The zero-order valence-corrected chi connectivity index (χ0v) is 11.7. The van der Waals surface area contributed by atoms with Crippen LogP contribution in [0.25, 0.3) is 0 Å². The fraction of sp³-hybridized carbons (Fsp3) is 0.538. The molecule has 18 heavy (non-hydrogen) atoms. The van der Waals surface area contributed by atoms with E-state index in [1.54, 1.807) is 13.0 Å². The van der Waals surface area contributed by atoms with E-state index in [4.69, 9.17) is 0 Å². The summed E-state index contributed by atoms with van der Waals surface area (Å²) in [5.74, 6) is 0.135. The van der Waals surface area contributed by atoms with E-state index < -0.39 is 9.84 Å². The molecule has 102 valence electrons. The van der Waals surface area contributed by atoms with Crippen molar-refractivity contribution in [1.82, 2.24) is 5.32 Å². The molecule has 0 amide bonds. The summed E-state index contributed by atoms with van der Waals surface area (Å²) in [7, 11) is -2.89. The maximum atomic E-state index is 12.9. The van der Waals surface area contributed by atoms with Gasteiger partial charge in [0.2, 0.25) is 0 Å². The second kappa shape index (κ2) is 6.85. The summed E-state index contributed by atoms with van der Waals surface area (Å²) in [5, 5.41) is 3.09. The third-order valence-electron chi connectivity index (χ3n) is 2.91. The first-order valence-electron chi connectivity index (χ1n) is 6.11. The van der Waals surface area contributed by atoms with Crippen molar-refractivity contribution in [1.29, 1.82) is 0 Å². The zero-order chi connectivity index (χ0) is 13.6. The Morgan fingerprint density at radius 1 is 1.28 bits per heavy atom. The Morgan fingerprint density at radius 3 is 2.61 bits per heavy atom. The van der Waals surface area contributed by atoms with Crippen LogP contribution in [0.1, 0.15) is 18.1 Å². The number of sulfone groups is 1. The molecule has 0 aliphatic carbocycles. The minimum atomic E-state index is -2.89. The van der Waals surface area contributed by atoms with Gasteiger partial charge in [0.15, 0.2) is 9.84 Å². The van der Waals surface area contributed by atoms with Gasteiger partial charge in [0.05, 0.1) is 5.75 Å². The first kappa shape index (κ1) is 15.1. The smallest absolute Gasteiger partial charge is 0.151 e. The molecule has 0 heterocycles. The molecular formula is C13H20FNO2S. The maximum Gasteiger partial charge on any atom is 0.151 e. The normalized spacial score (nSPS) is 11.7. The summed E-state index contributed by atoms with van der Waals surface area (Å²) in [6.07, 6.45) is 0.776. The standard InChI is InChI=1S/C13H20FNO2S/c1-3-18(16,17)9-8-15-7-6-12-4-5-13(14)10-11(12)2/h4-5,10,15H,3,6-9H2,1-2H3. The third-order valence-corrected chi connectivity index (χ3v) is 4.61. The molecule has 0 spiro atoms. The molecule has 0 aliphatic rings. The van der Waals surface area contributed by atoms with Gasteiger partial charge in [-0.25, -0.2) is 12.8 Å². The molecule has 1 N–H and O–H groups in total.